The van der Waals surface area contributed by atoms with Crippen LogP contribution in [0.5, 0.6) is 0 Å². The molecule has 2 aromatic carbocycles. The fourth-order valence-corrected chi connectivity index (χ4v) is 2.23. The van der Waals surface area contributed by atoms with Gasteiger partial charge in [-0.05, 0) is 23.8 Å². The van der Waals surface area contributed by atoms with Gasteiger partial charge in [0.1, 0.15) is 23.3 Å². The monoisotopic (exact) mass is 265 g/mol. The van der Waals surface area contributed by atoms with Gasteiger partial charge in [0, 0.05) is 17.4 Å². The summed E-state index contributed by atoms with van der Waals surface area (Å²) < 4.78 is 13.1. The number of H-pyrrole nitrogens is 1. The zero-order valence-corrected chi connectivity index (χ0v) is 10.7. The highest BCUT2D eigenvalue weighted by atomic mass is 19.1. The summed E-state index contributed by atoms with van der Waals surface area (Å²) in [5.74, 6) is 0.402. The molecule has 0 saturated carbocycles. The first kappa shape index (κ1) is 12.2. The van der Waals surface area contributed by atoms with E-state index in [0.29, 0.717) is 17.9 Å². The molecule has 20 heavy (non-hydrogen) atoms. The van der Waals surface area contributed by atoms with Crippen molar-refractivity contribution < 1.29 is 4.39 Å². The Labute approximate surface area is 115 Å². The van der Waals surface area contributed by atoms with Crippen molar-refractivity contribution in [3.05, 3.63) is 65.5 Å². The molecule has 2 N–H and O–H groups in total. The van der Waals surface area contributed by atoms with Crippen LogP contribution in [0, 0.1) is 17.1 Å². The molecule has 4 heteroatoms. The van der Waals surface area contributed by atoms with Gasteiger partial charge in [-0.2, -0.15) is 5.26 Å². The first-order chi connectivity index (χ1) is 9.78. The molecule has 0 spiro atoms. The maximum atomic E-state index is 13.1. The fourth-order valence-electron chi connectivity index (χ4n) is 2.23. The lowest BCUT2D eigenvalue weighted by Crippen LogP contribution is -2.01. The Morgan fingerprint density at radius 2 is 2.00 bits per heavy atom. The normalized spacial score (nSPS) is 10.4. The average Bonchev–Trinajstić information content (AvgIpc) is 2.82. The molecule has 1 aromatic heterocycles. The van der Waals surface area contributed by atoms with Crippen molar-refractivity contribution in [3.8, 4) is 6.07 Å². The van der Waals surface area contributed by atoms with E-state index >= 15 is 0 Å². The Bertz CT molecular complexity index is 799. The van der Waals surface area contributed by atoms with Gasteiger partial charge in [0.25, 0.3) is 0 Å². The van der Waals surface area contributed by atoms with Crippen LogP contribution in [-0.2, 0) is 6.54 Å². The van der Waals surface area contributed by atoms with E-state index in [1.54, 1.807) is 6.07 Å². The topological polar surface area (TPSA) is 51.6 Å². The Balaban J connectivity index is 1.90. The summed E-state index contributed by atoms with van der Waals surface area (Å²) in [6.45, 7) is 0.458. The van der Waals surface area contributed by atoms with Gasteiger partial charge >= 0.3 is 0 Å². The van der Waals surface area contributed by atoms with E-state index in [4.69, 9.17) is 0 Å². The summed E-state index contributed by atoms with van der Waals surface area (Å²) in [6, 6.07) is 16.2. The summed E-state index contributed by atoms with van der Waals surface area (Å²) >= 11 is 0. The number of hydrogen-bond donors (Lipinski definition) is 2. The van der Waals surface area contributed by atoms with E-state index in [1.807, 2.05) is 30.3 Å². The predicted octanol–water partition coefficient (Wildman–Crippen LogP) is 3.79. The highest BCUT2D eigenvalue weighted by Crippen LogP contribution is 2.25. The van der Waals surface area contributed by atoms with Crippen molar-refractivity contribution in [2.24, 2.45) is 0 Å². The van der Waals surface area contributed by atoms with E-state index in [0.717, 1.165) is 16.5 Å². The number of benzene rings is 2. The number of halogens is 1. The number of nitrogens with zero attached hydrogens (tertiary/aromatic N) is 1. The number of aromatic amines is 1. The molecule has 98 valence electrons. The van der Waals surface area contributed by atoms with Gasteiger partial charge in [-0.3, -0.25) is 0 Å². The lowest BCUT2D eigenvalue weighted by molar-refractivity contribution is 0.626. The van der Waals surface area contributed by atoms with Gasteiger partial charge in [-0.15, -0.1) is 0 Å². The van der Waals surface area contributed by atoms with Gasteiger partial charge in [0.2, 0.25) is 0 Å². The Morgan fingerprint density at radius 3 is 2.80 bits per heavy atom. The summed E-state index contributed by atoms with van der Waals surface area (Å²) in [6.07, 6.45) is 0. The third-order valence-electron chi connectivity index (χ3n) is 3.18. The van der Waals surface area contributed by atoms with Crippen molar-refractivity contribution in [2.45, 2.75) is 6.54 Å². The van der Waals surface area contributed by atoms with E-state index < -0.39 is 0 Å². The number of nitrogens with one attached hydrogen (secondary N) is 2. The van der Waals surface area contributed by atoms with Crippen molar-refractivity contribution in [1.29, 1.82) is 5.26 Å². The van der Waals surface area contributed by atoms with Crippen LogP contribution in [0.4, 0.5) is 10.2 Å². The Morgan fingerprint density at radius 1 is 1.15 bits per heavy atom. The number of nitriles is 1. The molecule has 0 atom stereocenters. The summed E-state index contributed by atoms with van der Waals surface area (Å²) in [4.78, 5) is 3.17. The summed E-state index contributed by atoms with van der Waals surface area (Å²) in [7, 11) is 0. The Kier molecular flexibility index (Phi) is 3.10. The van der Waals surface area contributed by atoms with Gasteiger partial charge in [0.15, 0.2) is 0 Å². The number of hydrogen-bond acceptors (Lipinski definition) is 2. The average molecular weight is 265 g/mol. The van der Waals surface area contributed by atoms with Crippen LogP contribution in [0.15, 0.2) is 48.5 Å². The lowest BCUT2D eigenvalue weighted by Gasteiger charge is -2.05. The molecule has 3 rings (SSSR count). The molecule has 3 aromatic rings. The second-order valence-corrected chi connectivity index (χ2v) is 4.52. The van der Waals surface area contributed by atoms with Crippen LogP contribution in [0.25, 0.3) is 10.9 Å². The standard InChI is InChI=1S/C16H12FN3/c17-12-5-3-4-11(8-12)10-19-16-14(9-18)13-6-1-2-7-15(13)20-16/h1-8,19-20H,10H2. The molecule has 0 unspecified atom stereocenters. The molecular formula is C16H12FN3. The zero-order chi connectivity index (χ0) is 13.9. The molecule has 0 bridgehead atoms. The maximum absolute atomic E-state index is 13.1. The number of anilines is 1. The van der Waals surface area contributed by atoms with Crippen LogP contribution < -0.4 is 5.32 Å². The van der Waals surface area contributed by atoms with Crippen molar-refractivity contribution in [2.75, 3.05) is 5.32 Å². The van der Waals surface area contributed by atoms with Crippen LogP contribution in [0.3, 0.4) is 0 Å². The highest BCUT2D eigenvalue weighted by Gasteiger charge is 2.10. The quantitative estimate of drug-likeness (QED) is 0.757. The lowest BCUT2D eigenvalue weighted by atomic mass is 10.2. The fraction of sp³-hybridized carbons (Fsp3) is 0.0625. The third kappa shape index (κ3) is 2.21. The van der Waals surface area contributed by atoms with Crippen LogP contribution in [0.1, 0.15) is 11.1 Å². The minimum Gasteiger partial charge on any atom is -0.366 e. The minimum absolute atomic E-state index is 0.263. The predicted molar refractivity (Wildman–Crippen MR) is 76.7 cm³/mol. The maximum Gasteiger partial charge on any atom is 0.123 e. The van der Waals surface area contributed by atoms with E-state index in [2.05, 4.69) is 16.4 Å². The Hall–Kier alpha value is -2.80. The van der Waals surface area contributed by atoms with Gasteiger partial charge < -0.3 is 10.3 Å². The van der Waals surface area contributed by atoms with Crippen molar-refractivity contribution >= 4 is 16.7 Å². The number of rotatable bonds is 3. The van der Waals surface area contributed by atoms with E-state index in [-0.39, 0.29) is 5.82 Å². The van der Waals surface area contributed by atoms with Gasteiger partial charge in [-0.1, -0.05) is 30.3 Å². The van der Waals surface area contributed by atoms with Crippen LogP contribution in [-0.4, -0.2) is 4.98 Å². The smallest absolute Gasteiger partial charge is 0.123 e. The largest absolute Gasteiger partial charge is 0.366 e. The van der Waals surface area contributed by atoms with Gasteiger partial charge in [0.05, 0.1) is 0 Å². The van der Waals surface area contributed by atoms with Crippen LogP contribution in [0.2, 0.25) is 0 Å². The number of fused-ring (bicyclic) bond motifs is 1. The summed E-state index contributed by atoms with van der Waals surface area (Å²) in [5.41, 5.74) is 2.32. The van der Waals surface area contributed by atoms with Crippen molar-refractivity contribution in [1.82, 2.24) is 4.98 Å². The van der Waals surface area contributed by atoms with Crippen LogP contribution >= 0.6 is 0 Å². The molecule has 0 aliphatic heterocycles. The second kappa shape index (κ2) is 5.06. The molecule has 0 aliphatic carbocycles. The minimum atomic E-state index is -0.263. The van der Waals surface area contributed by atoms with Crippen molar-refractivity contribution in [3.63, 3.8) is 0 Å². The number of aromatic nitrogens is 1. The third-order valence-corrected chi connectivity index (χ3v) is 3.18. The zero-order valence-electron chi connectivity index (χ0n) is 10.7. The van der Waals surface area contributed by atoms with E-state index in [9.17, 15) is 9.65 Å². The molecule has 0 radical (unpaired) electrons. The first-order valence-corrected chi connectivity index (χ1v) is 6.27. The second-order valence-electron chi connectivity index (χ2n) is 4.52. The molecule has 0 aliphatic rings. The number of para-hydroxylation sites is 1. The molecular weight excluding hydrogens is 253 g/mol. The summed E-state index contributed by atoms with van der Waals surface area (Å²) in [5, 5.41) is 13.3. The van der Waals surface area contributed by atoms with E-state index in [1.165, 1.54) is 12.1 Å². The molecule has 1 heterocycles. The highest BCUT2D eigenvalue weighted by molar-refractivity contribution is 5.91. The molecule has 0 saturated heterocycles. The SMILES string of the molecule is N#Cc1c(NCc2cccc(F)c2)[nH]c2ccccc12. The molecule has 0 amide bonds. The molecule has 3 nitrogen and oxygen atoms in total. The first-order valence-electron chi connectivity index (χ1n) is 6.27. The van der Waals surface area contributed by atoms with Gasteiger partial charge in [-0.25, -0.2) is 4.39 Å². The molecule has 0 fully saturated rings.